The number of Topliss-reactive ketones (excluding diaryl/α,β-unsaturated/α-hetero) is 1. The predicted octanol–water partition coefficient (Wildman–Crippen LogP) is 3.32. The van der Waals surface area contributed by atoms with Gasteiger partial charge in [-0.25, -0.2) is 9.97 Å². The predicted molar refractivity (Wildman–Crippen MR) is 125 cm³/mol. The Morgan fingerprint density at radius 3 is 2.73 bits per heavy atom. The SMILES string of the molecule is CN1CCC(Oc2cc(C(=O)Cc3cc4nc(-c5cnn(C)c5)ccc4cn3)ccn2)CC1. The second-order valence-electron chi connectivity index (χ2n) is 8.57. The van der Waals surface area contributed by atoms with Crippen LogP contribution in [0.15, 0.2) is 55.1 Å². The van der Waals surface area contributed by atoms with Crippen LogP contribution in [0.3, 0.4) is 0 Å². The first-order valence-corrected chi connectivity index (χ1v) is 11.1. The molecule has 168 valence electrons. The minimum Gasteiger partial charge on any atom is -0.474 e. The molecule has 8 nitrogen and oxygen atoms in total. The molecule has 0 N–H and O–H groups in total. The van der Waals surface area contributed by atoms with Crippen LogP contribution in [0, 0.1) is 0 Å². The molecule has 0 aliphatic carbocycles. The number of ketones is 1. The maximum absolute atomic E-state index is 13.0. The zero-order chi connectivity index (χ0) is 22.8. The van der Waals surface area contributed by atoms with Crippen molar-refractivity contribution in [2.24, 2.45) is 7.05 Å². The van der Waals surface area contributed by atoms with E-state index in [4.69, 9.17) is 9.72 Å². The summed E-state index contributed by atoms with van der Waals surface area (Å²) in [5, 5.41) is 5.14. The molecule has 1 fully saturated rings. The molecule has 0 amide bonds. The van der Waals surface area contributed by atoms with Crippen LogP contribution in [0.2, 0.25) is 0 Å². The smallest absolute Gasteiger partial charge is 0.214 e. The highest BCUT2D eigenvalue weighted by atomic mass is 16.5. The van der Waals surface area contributed by atoms with Gasteiger partial charge in [-0.3, -0.25) is 14.5 Å². The zero-order valence-electron chi connectivity index (χ0n) is 18.8. The van der Waals surface area contributed by atoms with Crippen LogP contribution in [0.1, 0.15) is 28.9 Å². The molecule has 0 aromatic carbocycles. The lowest BCUT2D eigenvalue weighted by Gasteiger charge is -2.28. The van der Waals surface area contributed by atoms with E-state index in [1.165, 1.54) is 0 Å². The van der Waals surface area contributed by atoms with Crippen molar-refractivity contribution in [3.05, 3.63) is 66.4 Å². The van der Waals surface area contributed by atoms with E-state index in [9.17, 15) is 4.79 Å². The van der Waals surface area contributed by atoms with Crippen LogP contribution in [-0.2, 0) is 13.5 Å². The summed E-state index contributed by atoms with van der Waals surface area (Å²) >= 11 is 0. The Morgan fingerprint density at radius 1 is 1.09 bits per heavy atom. The number of nitrogens with zero attached hydrogens (tertiary/aromatic N) is 6. The summed E-state index contributed by atoms with van der Waals surface area (Å²) in [6.07, 6.45) is 9.36. The van der Waals surface area contributed by atoms with Crippen molar-refractivity contribution in [1.82, 2.24) is 29.6 Å². The maximum Gasteiger partial charge on any atom is 0.214 e. The van der Waals surface area contributed by atoms with E-state index in [1.54, 1.807) is 35.4 Å². The van der Waals surface area contributed by atoms with Crippen molar-refractivity contribution < 1.29 is 9.53 Å². The highest BCUT2D eigenvalue weighted by Crippen LogP contribution is 2.22. The first kappa shape index (κ1) is 21.2. The number of carbonyl (C=O) groups excluding carboxylic acids is 1. The minimum absolute atomic E-state index is 0.0270. The molecule has 0 bridgehead atoms. The summed E-state index contributed by atoms with van der Waals surface area (Å²) in [5.74, 6) is 0.477. The first-order chi connectivity index (χ1) is 16.0. The van der Waals surface area contributed by atoms with Gasteiger partial charge in [0.25, 0.3) is 0 Å². The molecule has 0 saturated carbocycles. The third kappa shape index (κ3) is 4.90. The van der Waals surface area contributed by atoms with Gasteiger partial charge in [-0.1, -0.05) is 0 Å². The quantitative estimate of drug-likeness (QED) is 0.423. The van der Waals surface area contributed by atoms with Gasteiger partial charge in [0, 0.05) is 61.3 Å². The fourth-order valence-electron chi connectivity index (χ4n) is 4.06. The van der Waals surface area contributed by atoms with Crippen molar-refractivity contribution in [2.75, 3.05) is 20.1 Å². The average Bonchev–Trinajstić information content (AvgIpc) is 3.26. The van der Waals surface area contributed by atoms with Gasteiger partial charge in [0.05, 0.1) is 29.5 Å². The van der Waals surface area contributed by atoms with Gasteiger partial charge >= 0.3 is 0 Å². The summed E-state index contributed by atoms with van der Waals surface area (Å²) in [6.45, 7) is 2.01. The molecule has 4 aromatic heterocycles. The molecule has 33 heavy (non-hydrogen) atoms. The standard InChI is InChI=1S/C25H26N6O2/c1-30-9-6-21(7-10-30)33-25-11-17(5-8-26-25)24(32)13-20-12-23-18(14-27-20)3-4-22(29-23)19-15-28-31(2)16-19/h3-5,8,11-12,14-16,21H,6-7,9-10,13H2,1-2H3. The highest BCUT2D eigenvalue weighted by Gasteiger charge is 2.19. The molecule has 8 heteroatoms. The minimum atomic E-state index is -0.0270. The van der Waals surface area contributed by atoms with Crippen LogP contribution in [0.25, 0.3) is 22.2 Å². The van der Waals surface area contributed by atoms with Gasteiger partial charge < -0.3 is 9.64 Å². The lowest BCUT2D eigenvalue weighted by molar-refractivity contribution is 0.0985. The number of aromatic nitrogens is 5. The summed E-state index contributed by atoms with van der Waals surface area (Å²) in [5.41, 5.74) is 3.84. The monoisotopic (exact) mass is 442 g/mol. The normalized spacial score (nSPS) is 15.1. The molecule has 5 heterocycles. The largest absolute Gasteiger partial charge is 0.474 e. The van der Waals surface area contributed by atoms with Gasteiger partial charge in [-0.2, -0.15) is 5.10 Å². The number of rotatable bonds is 6. The second kappa shape index (κ2) is 9.07. The van der Waals surface area contributed by atoms with Crippen molar-refractivity contribution in [1.29, 1.82) is 0 Å². The average molecular weight is 443 g/mol. The molecule has 4 aromatic rings. The van der Waals surface area contributed by atoms with E-state index < -0.39 is 0 Å². The molecular formula is C25H26N6O2. The van der Waals surface area contributed by atoms with Gasteiger partial charge in [0.2, 0.25) is 5.88 Å². The number of hydrogen-bond acceptors (Lipinski definition) is 7. The van der Waals surface area contributed by atoms with Crippen molar-refractivity contribution in [3.8, 4) is 17.1 Å². The topological polar surface area (TPSA) is 86.0 Å². The molecule has 0 unspecified atom stereocenters. The van der Waals surface area contributed by atoms with Crippen molar-refractivity contribution in [3.63, 3.8) is 0 Å². The number of pyridine rings is 3. The Labute approximate surface area is 192 Å². The number of ether oxygens (including phenoxy) is 1. The van der Waals surface area contributed by atoms with Crippen molar-refractivity contribution >= 4 is 16.7 Å². The Bertz CT molecular complexity index is 1290. The van der Waals surface area contributed by atoms with Gasteiger partial charge in [-0.05, 0) is 44.2 Å². The fourth-order valence-corrected chi connectivity index (χ4v) is 4.06. The number of hydrogen-bond donors (Lipinski definition) is 0. The van der Waals surface area contributed by atoms with E-state index in [2.05, 4.69) is 27.0 Å². The lowest BCUT2D eigenvalue weighted by Crippen LogP contribution is -2.35. The van der Waals surface area contributed by atoms with Gasteiger partial charge in [0.15, 0.2) is 5.78 Å². The summed E-state index contributed by atoms with van der Waals surface area (Å²) in [7, 11) is 3.99. The molecule has 1 aliphatic rings. The summed E-state index contributed by atoms with van der Waals surface area (Å²) in [4.78, 5) is 28.8. The third-order valence-electron chi connectivity index (χ3n) is 5.98. The highest BCUT2D eigenvalue weighted by molar-refractivity contribution is 5.97. The van der Waals surface area contributed by atoms with E-state index in [1.807, 2.05) is 31.4 Å². The lowest BCUT2D eigenvalue weighted by atomic mass is 10.1. The number of fused-ring (bicyclic) bond motifs is 1. The van der Waals surface area contributed by atoms with Gasteiger partial charge in [0.1, 0.15) is 6.10 Å². The Hall–Kier alpha value is -3.65. The third-order valence-corrected chi connectivity index (χ3v) is 5.98. The fraction of sp³-hybridized carbons (Fsp3) is 0.320. The number of likely N-dealkylation sites (tertiary alicyclic amines) is 1. The van der Waals surface area contributed by atoms with Crippen molar-refractivity contribution in [2.45, 2.75) is 25.4 Å². The van der Waals surface area contributed by atoms with E-state index in [-0.39, 0.29) is 18.3 Å². The number of piperidine rings is 1. The molecule has 0 spiro atoms. The summed E-state index contributed by atoms with van der Waals surface area (Å²) < 4.78 is 7.78. The number of aryl methyl sites for hydroxylation is 1. The molecular weight excluding hydrogens is 416 g/mol. The number of carbonyl (C=O) groups is 1. The van der Waals surface area contributed by atoms with E-state index >= 15 is 0 Å². The summed E-state index contributed by atoms with van der Waals surface area (Å²) in [6, 6.07) is 9.28. The zero-order valence-corrected chi connectivity index (χ0v) is 18.8. The van der Waals surface area contributed by atoms with Crippen LogP contribution in [0.5, 0.6) is 5.88 Å². The molecule has 1 aliphatic heterocycles. The van der Waals surface area contributed by atoms with Crippen LogP contribution >= 0.6 is 0 Å². The molecule has 5 rings (SSSR count). The van der Waals surface area contributed by atoms with Crippen LogP contribution in [-0.4, -0.2) is 61.7 Å². The van der Waals surface area contributed by atoms with Crippen LogP contribution < -0.4 is 4.74 Å². The van der Waals surface area contributed by atoms with Gasteiger partial charge in [-0.15, -0.1) is 0 Å². The van der Waals surface area contributed by atoms with E-state index in [0.29, 0.717) is 17.1 Å². The molecule has 0 radical (unpaired) electrons. The first-order valence-electron chi connectivity index (χ1n) is 11.1. The maximum atomic E-state index is 13.0. The van der Waals surface area contributed by atoms with Crippen LogP contribution in [0.4, 0.5) is 0 Å². The Balaban J connectivity index is 1.31. The molecule has 0 atom stereocenters. The molecule has 1 saturated heterocycles. The Morgan fingerprint density at radius 2 is 1.94 bits per heavy atom. The second-order valence-corrected chi connectivity index (χ2v) is 8.57. The van der Waals surface area contributed by atoms with E-state index in [0.717, 1.165) is 48.1 Å². The Kier molecular flexibility index (Phi) is 5.83.